The topological polar surface area (TPSA) is 101 Å². The normalized spacial score (nSPS) is 11.5. The number of nitrogens with zero attached hydrogens (tertiary/aromatic N) is 2. The summed E-state index contributed by atoms with van der Waals surface area (Å²) in [5.74, 6) is -1.20. The van der Waals surface area contributed by atoms with Gasteiger partial charge in [-0.3, -0.25) is 4.68 Å². The van der Waals surface area contributed by atoms with Gasteiger partial charge in [-0.05, 0) is 40.2 Å². The molecule has 7 nitrogen and oxygen atoms in total. The number of carboxylic acids is 1. The molecule has 0 bridgehead atoms. The van der Waals surface area contributed by atoms with Crippen LogP contribution in [0.15, 0.2) is 46.0 Å². The molecule has 0 fully saturated rings. The lowest BCUT2D eigenvalue weighted by atomic mass is 10.2. The highest BCUT2D eigenvalue weighted by Gasteiger charge is 2.17. The molecule has 1 aromatic carbocycles. The lowest BCUT2D eigenvalue weighted by Crippen LogP contribution is -2.27. The molecule has 0 saturated heterocycles. The number of benzene rings is 1. The SMILES string of the molecule is O=C(O)c1cc(S(=O)(=O)NCCn2cccn2)ccc1Br. The van der Waals surface area contributed by atoms with E-state index < -0.39 is 16.0 Å². The third kappa shape index (κ3) is 3.90. The molecule has 21 heavy (non-hydrogen) atoms. The lowest BCUT2D eigenvalue weighted by Gasteiger charge is -2.08. The molecule has 0 atom stereocenters. The fourth-order valence-corrected chi connectivity index (χ4v) is 3.11. The van der Waals surface area contributed by atoms with Gasteiger partial charge in [0.2, 0.25) is 10.0 Å². The quantitative estimate of drug-likeness (QED) is 0.794. The maximum Gasteiger partial charge on any atom is 0.336 e. The van der Waals surface area contributed by atoms with Crippen molar-refractivity contribution in [1.29, 1.82) is 0 Å². The van der Waals surface area contributed by atoms with Gasteiger partial charge in [-0.1, -0.05) is 0 Å². The molecular weight excluding hydrogens is 362 g/mol. The van der Waals surface area contributed by atoms with Crippen molar-refractivity contribution in [3.8, 4) is 0 Å². The van der Waals surface area contributed by atoms with Crippen LogP contribution in [-0.4, -0.2) is 35.8 Å². The molecule has 2 rings (SSSR count). The predicted octanol–water partition coefficient (Wildman–Crippen LogP) is 1.32. The van der Waals surface area contributed by atoms with Crippen molar-refractivity contribution in [3.63, 3.8) is 0 Å². The minimum absolute atomic E-state index is 0.0939. The number of carbonyl (C=O) groups is 1. The second-order valence-electron chi connectivity index (χ2n) is 4.11. The minimum Gasteiger partial charge on any atom is -0.478 e. The van der Waals surface area contributed by atoms with E-state index in [9.17, 15) is 13.2 Å². The third-order valence-corrected chi connectivity index (χ3v) is 4.82. The zero-order chi connectivity index (χ0) is 15.5. The van der Waals surface area contributed by atoms with Gasteiger partial charge in [0.1, 0.15) is 0 Å². The largest absolute Gasteiger partial charge is 0.478 e. The molecule has 0 aliphatic rings. The second kappa shape index (κ2) is 6.37. The Morgan fingerprint density at radius 2 is 2.19 bits per heavy atom. The number of halogens is 1. The van der Waals surface area contributed by atoms with Crippen LogP contribution in [0.5, 0.6) is 0 Å². The Morgan fingerprint density at radius 1 is 1.43 bits per heavy atom. The summed E-state index contributed by atoms with van der Waals surface area (Å²) < 4.78 is 28.5. The maximum absolute atomic E-state index is 12.1. The molecule has 0 saturated carbocycles. The maximum atomic E-state index is 12.1. The van der Waals surface area contributed by atoms with Crippen LogP contribution in [0.3, 0.4) is 0 Å². The zero-order valence-electron chi connectivity index (χ0n) is 10.7. The van der Waals surface area contributed by atoms with Crippen LogP contribution in [0.4, 0.5) is 0 Å². The van der Waals surface area contributed by atoms with E-state index in [2.05, 4.69) is 25.8 Å². The van der Waals surface area contributed by atoms with Gasteiger partial charge in [0.15, 0.2) is 0 Å². The summed E-state index contributed by atoms with van der Waals surface area (Å²) in [6, 6.07) is 5.59. The van der Waals surface area contributed by atoms with Crippen LogP contribution < -0.4 is 4.72 Å². The van der Waals surface area contributed by atoms with Gasteiger partial charge in [-0.2, -0.15) is 5.10 Å². The average Bonchev–Trinajstić information content (AvgIpc) is 2.91. The van der Waals surface area contributed by atoms with E-state index in [0.717, 1.165) is 6.07 Å². The van der Waals surface area contributed by atoms with Crippen LogP contribution in [0.2, 0.25) is 0 Å². The first kappa shape index (κ1) is 15.7. The number of aromatic carboxylic acids is 1. The second-order valence-corrected chi connectivity index (χ2v) is 6.74. The highest BCUT2D eigenvalue weighted by atomic mass is 79.9. The highest BCUT2D eigenvalue weighted by Crippen LogP contribution is 2.20. The summed E-state index contributed by atoms with van der Waals surface area (Å²) in [6.45, 7) is 0.539. The first-order chi connectivity index (χ1) is 9.90. The summed E-state index contributed by atoms with van der Waals surface area (Å²) >= 11 is 3.07. The fourth-order valence-electron chi connectivity index (χ4n) is 1.65. The molecule has 0 amide bonds. The van der Waals surface area contributed by atoms with Gasteiger partial charge in [0.25, 0.3) is 0 Å². The molecule has 0 unspecified atom stereocenters. The third-order valence-electron chi connectivity index (χ3n) is 2.67. The molecule has 112 valence electrons. The Hall–Kier alpha value is -1.71. The molecule has 2 aromatic rings. The summed E-state index contributed by atoms with van der Waals surface area (Å²) in [5, 5.41) is 13.0. The smallest absolute Gasteiger partial charge is 0.336 e. The molecule has 0 aliphatic carbocycles. The van der Waals surface area contributed by atoms with Gasteiger partial charge in [0.05, 0.1) is 17.0 Å². The van der Waals surface area contributed by atoms with E-state index in [1.165, 1.54) is 12.1 Å². The van der Waals surface area contributed by atoms with Crippen molar-refractivity contribution in [3.05, 3.63) is 46.7 Å². The number of hydrogen-bond acceptors (Lipinski definition) is 4. The number of nitrogens with one attached hydrogen (secondary N) is 1. The predicted molar refractivity (Wildman–Crippen MR) is 78.5 cm³/mol. The number of carboxylic acid groups (broad SMARTS) is 1. The van der Waals surface area contributed by atoms with Crippen LogP contribution in [0.25, 0.3) is 0 Å². The molecular formula is C12H12BrN3O4S. The van der Waals surface area contributed by atoms with E-state index in [1.807, 2.05) is 0 Å². The standard InChI is InChI=1S/C12H12BrN3O4S/c13-11-3-2-9(8-10(11)12(17)18)21(19,20)15-5-7-16-6-1-4-14-16/h1-4,6,8,15H,5,7H2,(H,17,18). The molecule has 1 heterocycles. The van der Waals surface area contributed by atoms with Crippen molar-refractivity contribution >= 4 is 31.9 Å². The van der Waals surface area contributed by atoms with Crippen molar-refractivity contribution in [2.24, 2.45) is 0 Å². The molecule has 9 heteroatoms. The molecule has 1 aromatic heterocycles. The minimum atomic E-state index is -3.76. The molecule has 0 aliphatic heterocycles. The summed E-state index contributed by atoms with van der Waals surface area (Å²) in [4.78, 5) is 10.9. The van der Waals surface area contributed by atoms with Crippen molar-refractivity contribution in [2.45, 2.75) is 11.4 Å². The van der Waals surface area contributed by atoms with Gasteiger partial charge in [-0.15, -0.1) is 0 Å². The number of aromatic nitrogens is 2. The lowest BCUT2D eigenvalue weighted by molar-refractivity contribution is 0.0695. The highest BCUT2D eigenvalue weighted by molar-refractivity contribution is 9.10. The Labute approximate surface area is 129 Å². The van der Waals surface area contributed by atoms with Crippen LogP contribution in [-0.2, 0) is 16.6 Å². The van der Waals surface area contributed by atoms with Gasteiger partial charge in [0, 0.05) is 23.4 Å². The van der Waals surface area contributed by atoms with Gasteiger partial charge in [-0.25, -0.2) is 17.9 Å². The van der Waals surface area contributed by atoms with E-state index >= 15 is 0 Å². The first-order valence-corrected chi connectivity index (χ1v) is 8.18. The van der Waals surface area contributed by atoms with Crippen molar-refractivity contribution in [1.82, 2.24) is 14.5 Å². The van der Waals surface area contributed by atoms with Crippen LogP contribution in [0.1, 0.15) is 10.4 Å². The van der Waals surface area contributed by atoms with Gasteiger partial charge < -0.3 is 5.11 Å². The fraction of sp³-hybridized carbons (Fsp3) is 0.167. The molecule has 0 spiro atoms. The first-order valence-electron chi connectivity index (χ1n) is 5.90. The van der Waals surface area contributed by atoms with Crippen molar-refractivity contribution in [2.75, 3.05) is 6.54 Å². The Kier molecular flexibility index (Phi) is 4.76. The Morgan fingerprint density at radius 3 is 2.81 bits per heavy atom. The van der Waals surface area contributed by atoms with E-state index in [4.69, 9.17) is 5.11 Å². The van der Waals surface area contributed by atoms with E-state index in [1.54, 1.807) is 23.1 Å². The number of sulfonamides is 1. The molecule has 0 radical (unpaired) electrons. The van der Waals surface area contributed by atoms with Crippen molar-refractivity contribution < 1.29 is 18.3 Å². The number of hydrogen-bond donors (Lipinski definition) is 2. The van der Waals surface area contributed by atoms with E-state index in [-0.39, 0.29) is 17.0 Å². The van der Waals surface area contributed by atoms with Crippen LogP contribution >= 0.6 is 15.9 Å². The molecule has 2 N–H and O–H groups in total. The summed E-state index contributed by atoms with van der Waals surface area (Å²) in [6.07, 6.45) is 3.32. The van der Waals surface area contributed by atoms with Gasteiger partial charge >= 0.3 is 5.97 Å². The Bertz CT molecular complexity index is 744. The summed E-state index contributed by atoms with van der Waals surface area (Å²) in [7, 11) is -3.76. The Balaban J connectivity index is 2.12. The average molecular weight is 374 g/mol. The zero-order valence-corrected chi connectivity index (χ0v) is 13.1. The monoisotopic (exact) mass is 373 g/mol. The number of rotatable bonds is 6. The van der Waals surface area contributed by atoms with Crippen LogP contribution in [0, 0.1) is 0 Å². The van der Waals surface area contributed by atoms with E-state index in [0.29, 0.717) is 11.0 Å². The summed E-state index contributed by atoms with van der Waals surface area (Å²) in [5.41, 5.74) is -0.107.